The predicted molar refractivity (Wildman–Crippen MR) is 110 cm³/mol. The number of nitrogens with zero attached hydrogens (tertiary/aromatic N) is 5. The van der Waals surface area contributed by atoms with Crippen molar-refractivity contribution in [1.82, 2.24) is 35.1 Å². The first kappa shape index (κ1) is 21.4. The quantitative estimate of drug-likeness (QED) is 0.642. The van der Waals surface area contributed by atoms with Crippen molar-refractivity contribution in [2.75, 3.05) is 19.6 Å². The van der Waals surface area contributed by atoms with Gasteiger partial charge in [0, 0.05) is 25.2 Å². The number of likely N-dealkylation sites (tertiary alicyclic amines) is 2. The zero-order chi connectivity index (χ0) is 22.0. The van der Waals surface area contributed by atoms with Crippen molar-refractivity contribution in [3.8, 4) is 11.4 Å². The molecule has 31 heavy (non-hydrogen) atoms. The number of aromatic nitrogens is 4. The summed E-state index contributed by atoms with van der Waals surface area (Å²) in [5, 5.41) is 13.5. The molecule has 166 valence electrons. The molecule has 3 heterocycles. The third-order valence-corrected chi connectivity index (χ3v) is 7.25. The Kier molecular flexibility index (Phi) is 6.01. The highest BCUT2D eigenvalue weighted by Gasteiger charge is 2.40. The summed E-state index contributed by atoms with van der Waals surface area (Å²) >= 11 is 0. The molecule has 0 aliphatic carbocycles. The summed E-state index contributed by atoms with van der Waals surface area (Å²) in [5.74, 6) is -0.189. The van der Waals surface area contributed by atoms with Crippen molar-refractivity contribution in [1.29, 1.82) is 0 Å². The zero-order valence-electron chi connectivity index (χ0n) is 17.2. The molecular formula is C19H25N7O4S. The largest absolute Gasteiger partial charge is 0.341 e. The van der Waals surface area contributed by atoms with Crippen LogP contribution in [0.2, 0.25) is 0 Å². The Balaban J connectivity index is 1.44. The number of hydrogen-bond acceptors (Lipinski definition) is 7. The number of tetrazole rings is 1. The van der Waals surface area contributed by atoms with Crippen LogP contribution in [0, 0.1) is 0 Å². The van der Waals surface area contributed by atoms with Crippen LogP contribution in [-0.4, -0.2) is 82.4 Å². The van der Waals surface area contributed by atoms with E-state index >= 15 is 0 Å². The van der Waals surface area contributed by atoms with E-state index in [4.69, 9.17) is 0 Å². The number of H-pyrrole nitrogens is 1. The van der Waals surface area contributed by atoms with Crippen LogP contribution in [0.4, 0.5) is 0 Å². The molecule has 12 heteroatoms. The maximum atomic E-state index is 12.9. The smallest absolute Gasteiger partial charge is 0.245 e. The van der Waals surface area contributed by atoms with Crippen molar-refractivity contribution in [2.45, 2.75) is 49.6 Å². The Morgan fingerprint density at radius 1 is 1.23 bits per heavy atom. The lowest BCUT2D eigenvalue weighted by molar-refractivity contribution is -0.143. The molecule has 4 rings (SSSR count). The van der Waals surface area contributed by atoms with Gasteiger partial charge in [-0.3, -0.25) is 9.59 Å². The molecule has 2 aliphatic rings. The summed E-state index contributed by atoms with van der Waals surface area (Å²) in [6.07, 6.45) is 3.36. The van der Waals surface area contributed by atoms with Gasteiger partial charge in [-0.15, -0.1) is 10.2 Å². The molecule has 2 saturated heterocycles. The van der Waals surface area contributed by atoms with Gasteiger partial charge >= 0.3 is 0 Å². The number of sulfonamides is 1. The number of nitrogens with one attached hydrogen (secondary N) is 2. The minimum Gasteiger partial charge on any atom is -0.341 e. The third-order valence-electron chi connectivity index (χ3n) is 5.78. The van der Waals surface area contributed by atoms with Gasteiger partial charge in [-0.2, -0.15) is 9.94 Å². The van der Waals surface area contributed by atoms with Crippen LogP contribution in [-0.2, 0) is 19.6 Å². The van der Waals surface area contributed by atoms with E-state index in [1.54, 1.807) is 24.0 Å². The first-order valence-electron chi connectivity index (χ1n) is 10.3. The first-order valence-corrected chi connectivity index (χ1v) is 11.8. The second-order valence-corrected chi connectivity index (χ2v) is 9.53. The minimum atomic E-state index is -3.96. The summed E-state index contributed by atoms with van der Waals surface area (Å²) in [7, 11) is -3.96. The topological polar surface area (TPSA) is 141 Å². The summed E-state index contributed by atoms with van der Waals surface area (Å²) < 4.78 is 28.3. The third kappa shape index (κ3) is 4.44. The minimum absolute atomic E-state index is 0.00140. The van der Waals surface area contributed by atoms with Gasteiger partial charge in [-0.1, -0.05) is 12.1 Å². The van der Waals surface area contributed by atoms with Gasteiger partial charge in [0.15, 0.2) is 0 Å². The molecule has 0 saturated carbocycles. The number of amides is 2. The van der Waals surface area contributed by atoms with Crippen LogP contribution in [0.25, 0.3) is 11.4 Å². The predicted octanol–water partition coefficient (Wildman–Crippen LogP) is 0.147. The van der Waals surface area contributed by atoms with Crippen molar-refractivity contribution >= 4 is 21.8 Å². The first-order chi connectivity index (χ1) is 14.9. The Morgan fingerprint density at radius 2 is 2.00 bits per heavy atom. The number of aromatic amines is 1. The molecule has 2 amide bonds. The average molecular weight is 448 g/mol. The summed E-state index contributed by atoms with van der Waals surface area (Å²) in [6, 6.07) is 4.58. The molecule has 2 atom stereocenters. The lowest BCUT2D eigenvalue weighted by Crippen LogP contribution is -2.51. The summed E-state index contributed by atoms with van der Waals surface area (Å²) in [4.78, 5) is 28.9. The number of hydrogen-bond donors (Lipinski definition) is 2. The summed E-state index contributed by atoms with van der Waals surface area (Å²) in [5.41, 5.74) is 0.483. The Bertz CT molecular complexity index is 1050. The van der Waals surface area contributed by atoms with Crippen molar-refractivity contribution in [3.05, 3.63) is 24.3 Å². The lowest BCUT2D eigenvalue weighted by Gasteiger charge is -2.32. The van der Waals surface area contributed by atoms with E-state index in [9.17, 15) is 18.0 Å². The molecule has 11 nitrogen and oxygen atoms in total. The standard InChI is InChI=1S/C19H25N7O4S/c1-13(18(27)25-9-3-2-4-10-25)26-11-8-16(19(26)28)22-31(29,30)15-7-5-6-14(12-15)17-20-23-24-21-17/h5-7,12-13,16,22H,2-4,8-11H2,1H3,(H,20,21,23,24)/t13-,16?/m0/s1. The number of rotatable bonds is 6. The number of piperidine rings is 1. The molecule has 2 N–H and O–H groups in total. The molecule has 2 aliphatic heterocycles. The molecule has 2 fully saturated rings. The molecule has 0 spiro atoms. The molecule has 2 aromatic rings. The van der Waals surface area contributed by atoms with Crippen LogP contribution in [0.15, 0.2) is 29.2 Å². The number of benzene rings is 1. The highest BCUT2D eigenvalue weighted by Crippen LogP contribution is 2.22. The number of carbonyl (C=O) groups is 2. The van der Waals surface area contributed by atoms with E-state index in [0.29, 0.717) is 31.6 Å². The average Bonchev–Trinajstić information content (AvgIpc) is 3.44. The van der Waals surface area contributed by atoms with Gasteiger partial charge in [0.2, 0.25) is 27.7 Å². The van der Waals surface area contributed by atoms with Gasteiger partial charge < -0.3 is 9.80 Å². The fraction of sp³-hybridized carbons (Fsp3) is 0.526. The van der Waals surface area contributed by atoms with E-state index in [1.807, 2.05) is 0 Å². The zero-order valence-corrected chi connectivity index (χ0v) is 18.0. The molecule has 1 aromatic heterocycles. The molecular weight excluding hydrogens is 422 g/mol. The Labute approximate surface area is 180 Å². The van der Waals surface area contributed by atoms with E-state index in [-0.39, 0.29) is 22.5 Å². The highest BCUT2D eigenvalue weighted by molar-refractivity contribution is 7.89. The van der Waals surface area contributed by atoms with Crippen LogP contribution in [0.1, 0.15) is 32.6 Å². The fourth-order valence-corrected chi connectivity index (χ4v) is 5.32. The molecule has 1 aromatic carbocycles. The fourth-order valence-electron chi connectivity index (χ4n) is 4.05. The second kappa shape index (κ2) is 8.71. The van der Waals surface area contributed by atoms with Gasteiger partial charge in [0.05, 0.1) is 4.90 Å². The van der Waals surface area contributed by atoms with Crippen LogP contribution >= 0.6 is 0 Å². The van der Waals surface area contributed by atoms with Gasteiger partial charge in [-0.25, -0.2) is 8.42 Å². The van der Waals surface area contributed by atoms with E-state index in [1.165, 1.54) is 17.0 Å². The van der Waals surface area contributed by atoms with E-state index in [0.717, 1.165) is 19.3 Å². The SMILES string of the molecule is C[C@@H](C(=O)N1CCCCC1)N1CCC(NS(=O)(=O)c2cccc(-c3nn[nH]n3)c2)C1=O. The van der Waals surface area contributed by atoms with Crippen molar-refractivity contribution < 1.29 is 18.0 Å². The molecule has 0 bridgehead atoms. The van der Waals surface area contributed by atoms with Crippen LogP contribution in [0.3, 0.4) is 0 Å². The Hall–Kier alpha value is -2.86. The van der Waals surface area contributed by atoms with Crippen LogP contribution < -0.4 is 4.72 Å². The normalized spacial score (nSPS) is 20.8. The number of carbonyl (C=O) groups excluding carboxylic acids is 2. The van der Waals surface area contributed by atoms with Gasteiger partial charge in [-0.05, 0) is 50.0 Å². The van der Waals surface area contributed by atoms with Gasteiger partial charge in [0.25, 0.3) is 0 Å². The van der Waals surface area contributed by atoms with Gasteiger partial charge in [0.1, 0.15) is 12.1 Å². The maximum absolute atomic E-state index is 12.9. The van der Waals surface area contributed by atoms with Crippen molar-refractivity contribution in [3.63, 3.8) is 0 Å². The maximum Gasteiger partial charge on any atom is 0.245 e. The highest BCUT2D eigenvalue weighted by atomic mass is 32.2. The van der Waals surface area contributed by atoms with E-state index < -0.39 is 22.1 Å². The van der Waals surface area contributed by atoms with Crippen molar-refractivity contribution in [2.24, 2.45) is 0 Å². The second-order valence-electron chi connectivity index (χ2n) is 7.82. The van der Waals surface area contributed by atoms with E-state index in [2.05, 4.69) is 25.3 Å². The monoisotopic (exact) mass is 447 g/mol. The van der Waals surface area contributed by atoms with Crippen LogP contribution in [0.5, 0.6) is 0 Å². The lowest BCUT2D eigenvalue weighted by atomic mass is 10.1. The Morgan fingerprint density at radius 3 is 2.71 bits per heavy atom. The summed E-state index contributed by atoms with van der Waals surface area (Å²) in [6.45, 7) is 3.45. The molecule has 1 unspecified atom stereocenters. The molecule has 0 radical (unpaired) electrons.